The molecule has 0 radical (unpaired) electrons. The van der Waals surface area contributed by atoms with Crippen LogP contribution in [0.4, 0.5) is 11.4 Å². The van der Waals surface area contributed by atoms with E-state index in [0.29, 0.717) is 42.6 Å². The van der Waals surface area contributed by atoms with Crippen molar-refractivity contribution < 1.29 is 22.8 Å². The Bertz CT molecular complexity index is 1200. The number of imide groups is 1. The molecule has 0 bridgehead atoms. The Kier molecular flexibility index (Phi) is 6.56. The van der Waals surface area contributed by atoms with Gasteiger partial charge in [0.1, 0.15) is 6.04 Å². The molecule has 8 nitrogen and oxygen atoms in total. The van der Waals surface area contributed by atoms with Crippen LogP contribution in [0, 0.1) is 0 Å². The first-order valence-corrected chi connectivity index (χ1v) is 12.8. The Morgan fingerprint density at radius 3 is 2.36 bits per heavy atom. The molecule has 1 atom stereocenters. The highest BCUT2D eigenvalue weighted by Gasteiger charge is 2.38. The predicted molar refractivity (Wildman–Crippen MR) is 126 cm³/mol. The van der Waals surface area contributed by atoms with E-state index in [0.717, 1.165) is 11.3 Å². The molecular formula is C23H24ClN3O5S. The van der Waals surface area contributed by atoms with Crippen LogP contribution in [0.5, 0.6) is 0 Å². The van der Waals surface area contributed by atoms with Gasteiger partial charge in [-0.05, 0) is 49.6 Å². The summed E-state index contributed by atoms with van der Waals surface area (Å²) in [6.07, 6.45) is 2.39. The summed E-state index contributed by atoms with van der Waals surface area (Å²) in [6, 6.07) is 10.2. The highest BCUT2D eigenvalue weighted by molar-refractivity contribution is 7.89. The van der Waals surface area contributed by atoms with E-state index < -0.39 is 33.8 Å². The highest BCUT2D eigenvalue weighted by Crippen LogP contribution is 2.35. The molecule has 2 heterocycles. The molecule has 0 saturated carbocycles. The fourth-order valence-corrected chi connectivity index (χ4v) is 6.29. The third-order valence-electron chi connectivity index (χ3n) is 5.83. The largest absolute Gasteiger partial charge is 0.325 e. The predicted octanol–water partition coefficient (Wildman–Crippen LogP) is 3.67. The van der Waals surface area contributed by atoms with Crippen LogP contribution < -0.4 is 10.2 Å². The van der Waals surface area contributed by atoms with Gasteiger partial charge in [0.2, 0.25) is 15.9 Å². The van der Waals surface area contributed by atoms with Crippen LogP contribution in [-0.2, 0) is 14.8 Å². The summed E-state index contributed by atoms with van der Waals surface area (Å²) < 4.78 is 26.5. The van der Waals surface area contributed by atoms with Crippen LogP contribution in [-0.4, -0.2) is 48.8 Å². The van der Waals surface area contributed by atoms with Crippen molar-refractivity contribution in [3.63, 3.8) is 0 Å². The van der Waals surface area contributed by atoms with Crippen molar-refractivity contribution >= 4 is 50.7 Å². The minimum atomic E-state index is -3.52. The maximum Gasteiger partial charge on any atom is 0.266 e. The number of hydrogen-bond acceptors (Lipinski definition) is 5. The van der Waals surface area contributed by atoms with Gasteiger partial charge in [0.25, 0.3) is 11.8 Å². The van der Waals surface area contributed by atoms with Gasteiger partial charge in [-0.3, -0.25) is 14.4 Å². The van der Waals surface area contributed by atoms with Gasteiger partial charge < -0.3 is 5.32 Å². The minimum Gasteiger partial charge on any atom is -0.325 e. The number of benzene rings is 2. The van der Waals surface area contributed by atoms with Crippen LogP contribution in [0.3, 0.4) is 0 Å². The lowest BCUT2D eigenvalue weighted by molar-refractivity contribution is -0.120. The minimum absolute atomic E-state index is 0.00239. The van der Waals surface area contributed by atoms with Crippen molar-refractivity contribution in [2.45, 2.75) is 38.6 Å². The summed E-state index contributed by atoms with van der Waals surface area (Å²) in [7, 11) is -3.52. The average Bonchev–Trinajstić information content (AvgIpc) is 3.04. The molecule has 4 rings (SSSR count). The number of piperidine rings is 1. The Hall–Kier alpha value is -2.75. The fourth-order valence-electron chi connectivity index (χ4n) is 4.27. The summed E-state index contributed by atoms with van der Waals surface area (Å²) in [5.74, 6) is -1.36. The lowest BCUT2D eigenvalue weighted by Gasteiger charge is -2.33. The van der Waals surface area contributed by atoms with Gasteiger partial charge in [-0.15, -0.1) is 0 Å². The molecule has 1 unspecified atom stereocenters. The summed E-state index contributed by atoms with van der Waals surface area (Å²) >= 11 is 6.39. The SMILES string of the molecule is CCCS(=O)(=O)N1CCCCC1C(=O)Nc1ccc(N2C(=O)c3ccccc3C2=O)c(Cl)c1. The molecule has 174 valence electrons. The van der Waals surface area contributed by atoms with E-state index in [9.17, 15) is 22.8 Å². The summed E-state index contributed by atoms with van der Waals surface area (Å²) in [5, 5.41) is 2.85. The topological polar surface area (TPSA) is 104 Å². The van der Waals surface area contributed by atoms with Gasteiger partial charge in [0.15, 0.2) is 0 Å². The van der Waals surface area contributed by atoms with Crippen molar-refractivity contribution in [3.05, 3.63) is 58.6 Å². The zero-order valence-corrected chi connectivity index (χ0v) is 19.7. The van der Waals surface area contributed by atoms with Crippen LogP contribution in [0.25, 0.3) is 0 Å². The number of anilines is 2. The van der Waals surface area contributed by atoms with Gasteiger partial charge in [0, 0.05) is 12.2 Å². The van der Waals surface area contributed by atoms with Crippen LogP contribution in [0.1, 0.15) is 53.3 Å². The van der Waals surface area contributed by atoms with Crippen molar-refractivity contribution in [2.75, 3.05) is 22.5 Å². The third-order valence-corrected chi connectivity index (χ3v) is 8.20. The molecule has 2 aliphatic heterocycles. The smallest absolute Gasteiger partial charge is 0.266 e. The number of nitrogens with one attached hydrogen (secondary N) is 1. The van der Waals surface area contributed by atoms with Gasteiger partial charge in [-0.1, -0.05) is 37.1 Å². The normalized spacial score (nSPS) is 19.0. The zero-order chi connectivity index (χ0) is 23.8. The maximum atomic E-state index is 13.0. The molecule has 1 fully saturated rings. The number of halogens is 1. The molecule has 0 aliphatic carbocycles. The van der Waals surface area contributed by atoms with Crippen molar-refractivity contribution in [1.82, 2.24) is 4.31 Å². The average molecular weight is 490 g/mol. The second-order valence-electron chi connectivity index (χ2n) is 8.09. The molecule has 2 aromatic rings. The van der Waals surface area contributed by atoms with E-state index >= 15 is 0 Å². The molecule has 0 aromatic heterocycles. The van der Waals surface area contributed by atoms with Gasteiger partial charge >= 0.3 is 0 Å². The monoisotopic (exact) mass is 489 g/mol. The van der Waals surface area contributed by atoms with Gasteiger partial charge in [0.05, 0.1) is 27.6 Å². The lowest BCUT2D eigenvalue weighted by Crippen LogP contribution is -2.50. The molecule has 1 N–H and O–H groups in total. The second-order valence-corrected chi connectivity index (χ2v) is 10.5. The number of rotatable bonds is 6. The second kappa shape index (κ2) is 9.24. The van der Waals surface area contributed by atoms with E-state index in [4.69, 9.17) is 11.6 Å². The first-order chi connectivity index (χ1) is 15.7. The lowest BCUT2D eigenvalue weighted by atomic mass is 10.0. The standard InChI is InChI=1S/C23H24ClN3O5S/c1-2-13-33(31,32)26-12-6-5-9-20(26)21(28)25-15-10-11-19(18(24)14-15)27-22(29)16-7-3-4-8-17(16)23(27)30/h3-4,7-8,10-11,14,20H,2,5-6,9,12-13H2,1H3,(H,25,28). The molecule has 1 saturated heterocycles. The molecule has 10 heteroatoms. The summed E-state index contributed by atoms with van der Waals surface area (Å²) in [4.78, 5) is 39.4. The van der Waals surface area contributed by atoms with E-state index in [1.165, 1.54) is 22.5 Å². The molecule has 0 spiro atoms. The first kappa shape index (κ1) is 23.4. The Morgan fingerprint density at radius 2 is 1.76 bits per heavy atom. The number of nitrogens with zero attached hydrogens (tertiary/aromatic N) is 2. The third kappa shape index (κ3) is 4.40. The quantitative estimate of drug-likeness (QED) is 0.623. The molecular weight excluding hydrogens is 466 g/mol. The van der Waals surface area contributed by atoms with E-state index in [-0.39, 0.29) is 16.5 Å². The first-order valence-electron chi connectivity index (χ1n) is 10.8. The summed E-state index contributed by atoms with van der Waals surface area (Å²) in [5.41, 5.74) is 1.18. The van der Waals surface area contributed by atoms with Crippen molar-refractivity contribution in [2.24, 2.45) is 0 Å². The number of fused-ring (bicyclic) bond motifs is 1. The molecule has 2 aliphatic rings. The fraction of sp³-hybridized carbons (Fsp3) is 0.348. The van der Waals surface area contributed by atoms with E-state index in [1.807, 2.05) is 0 Å². The van der Waals surface area contributed by atoms with Crippen LogP contribution in [0.2, 0.25) is 5.02 Å². The van der Waals surface area contributed by atoms with Crippen molar-refractivity contribution in [3.8, 4) is 0 Å². The Labute approximate surface area is 197 Å². The van der Waals surface area contributed by atoms with Crippen molar-refractivity contribution in [1.29, 1.82) is 0 Å². The Balaban J connectivity index is 1.54. The molecule has 2 aromatic carbocycles. The maximum absolute atomic E-state index is 13.0. The van der Waals surface area contributed by atoms with E-state index in [2.05, 4.69) is 5.32 Å². The number of carbonyl (C=O) groups is 3. The summed E-state index contributed by atoms with van der Waals surface area (Å²) in [6.45, 7) is 2.11. The number of amides is 3. The van der Waals surface area contributed by atoms with Gasteiger partial charge in [-0.2, -0.15) is 4.31 Å². The number of hydrogen-bond donors (Lipinski definition) is 1. The number of carbonyl (C=O) groups excluding carboxylic acids is 3. The van der Waals surface area contributed by atoms with Gasteiger partial charge in [-0.25, -0.2) is 13.3 Å². The zero-order valence-electron chi connectivity index (χ0n) is 18.1. The molecule has 3 amide bonds. The molecule has 33 heavy (non-hydrogen) atoms. The van der Waals surface area contributed by atoms with Crippen LogP contribution in [0.15, 0.2) is 42.5 Å². The van der Waals surface area contributed by atoms with E-state index in [1.54, 1.807) is 31.2 Å². The Morgan fingerprint density at radius 1 is 1.09 bits per heavy atom. The highest BCUT2D eigenvalue weighted by atomic mass is 35.5. The number of sulfonamides is 1. The van der Waals surface area contributed by atoms with Crippen LogP contribution >= 0.6 is 11.6 Å².